The molecule has 6 heteroatoms. The van der Waals surface area contributed by atoms with E-state index >= 15 is 0 Å². The molecule has 2 N–H and O–H groups in total. The topological polar surface area (TPSA) is 78.6 Å². The molecule has 22 heavy (non-hydrogen) atoms. The molecular weight excluding hydrogens is 302 g/mol. The van der Waals surface area contributed by atoms with Gasteiger partial charge in [-0.25, -0.2) is 4.79 Å². The number of aryl methyl sites for hydroxylation is 1. The van der Waals surface area contributed by atoms with Crippen LogP contribution in [0.5, 0.6) is 0 Å². The first kappa shape index (κ1) is 16.8. The molecule has 0 aliphatic heterocycles. The number of rotatable bonds is 5. The fraction of sp³-hybridized carbons (Fsp3) is 0.625. The molecule has 0 saturated heterocycles. The minimum atomic E-state index is -0.778. The Balaban J connectivity index is 2.61. The van der Waals surface area contributed by atoms with Crippen molar-refractivity contribution in [1.29, 1.82) is 0 Å². The number of esters is 2. The normalized spacial score (nSPS) is 20.3. The second-order valence-electron chi connectivity index (χ2n) is 5.37. The van der Waals surface area contributed by atoms with E-state index in [1.54, 1.807) is 13.8 Å². The molecule has 0 spiro atoms. The quantitative estimate of drug-likeness (QED) is 0.842. The van der Waals surface area contributed by atoms with E-state index < -0.39 is 11.4 Å². The molecule has 0 unspecified atom stereocenters. The lowest BCUT2D eigenvalue weighted by Gasteiger charge is -2.35. The number of nitrogen functional groups attached to an aromatic ring is 1. The summed E-state index contributed by atoms with van der Waals surface area (Å²) < 4.78 is 10.5. The van der Waals surface area contributed by atoms with Gasteiger partial charge in [0.1, 0.15) is 5.00 Å². The molecule has 5 nitrogen and oxygen atoms in total. The number of hydrogen-bond donors (Lipinski definition) is 1. The SMILES string of the molecule is CCOC(=O)c1c(N)sc2c1[C@@](CC)(C(=O)OCC)CCC2. The van der Waals surface area contributed by atoms with E-state index in [2.05, 4.69) is 0 Å². The van der Waals surface area contributed by atoms with Crippen LogP contribution in [0.4, 0.5) is 5.00 Å². The Morgan fingerprint density at radius 3 is 2.50 bits per heavy atom. The van der Waals surface area contributed by atoms with Crippen LogP contribution in [0.1, 0.15) is 60.8 Å². The monoisotopic (exact) mass is 325 g/mol. The first-order valence-corrected chi connectivity index (χ1v) is 8.59. The van der Waals surface area contributed by atoms with Crippen LogP contribution in [-0.2, 0) is 26.1 Å². The maximum absolute atomic E-state index is 12.6. The van der Waals surface area contributed by atoms with Crippen molar-refractivity contribution in [2.24, 2.45) is 0 Å². The average molecular weight is 325 g/mol. The summed E-state index contributed by atoms with van der Waals surface area (Å²) in [5.41, 5.74) is 6.41. The summed E-state index contributed by atoms with van der Waals surface area (Å²) in [5, 5.41) is 0.437. The maximum atomic E-state index is 12.6. The van der Waals surface area contributed by atoms with Crippen molar-refractivity contribution < 1.29 is 19.1 Å². The van der Waals surface area contributed by atoms with Gasteiger partial charge in [0.15, 0.2) is 0 Å². The zero-order chi connectivity index (χ0) is 16.3. The molecular formula is C16H23NO4S. The Morgan fingerprint density at radius 2 is 1.91 bits per heavy atom. The highest BCUT2D eigenvalue weighted by molar-refractivity contribution is 7.16. The van der Waals surface area contributed by atoms with Crippen LogP contribution in [0.15, 0.2) is 0 Å². The van der Waals surface area contributed by atoms with Crippen molar-refractivity contribution in [2.75, 3.05) is 18.9 Å². The van der Waals surface area contributed by atoms with Gasteiger partial charge in [0, 0.05) is 10.4 Å². The van der Waals surface area contributed by atoms with E-state index in [1.807, 2.05) is 6.92 Å². The highest BCUT2D eigenvalue weighted by atomic mass is 32.1. The molecule has 122 valence electrons. The van der Waals surface area contributed by atoms with Crippen molar-refractivity contribution in [3.63, 3.8) is 0 Å². The van der Waals surface area contributed by atoms with Gasteiger partial charge < -0.3 is 15.2 Å². The summed E-state index contributed by atoms with van der Waals surface area (Å²) in [6.45, 7) is 6.10. The Morgan fingerprint density at radius 1 is 1.23 bits per heavy atom. The van der Waals surface area contributed by atoms with Crippen LogP contribution in [0.2, 0.25) is 0 Å². The van der Waals surface area contributed by atoms with Gasteiger partial charge >= 0.3 is 11.9 Å². The fourth-order valence-electron chi connectivity index (χ4n) is 3.23. The molecule has 1 aromatic rings. The Labute approximate surface area is 134 Å². The van der Waals surface area contributed by atoms with Crippen molar-refractivity contribution >= 4 is 28.3 Å². The highest BCUT2D eigenvalue weighted by Crippen LogP contribution is 2.48. The van der Waals surface area contributed by atoms with Gasteiger partial charge in [-0.05, 0) is 39.5 Å². The molecule has 2 rings (SSSR count). The van der Waals surface area contributed by atoms with Gasteiger partial charge in [0.25, 0.3) is 0 Å². The van der Waals surface area contributed by atoms with Crippen LogP contribution in [-0.4, -0.2) is 25.2 Å². The second kappa shape index (κ2) is 6.69. The largest absolute Gasteiger partial charge is 0.465 e. The molecule has 0 fully saturated rings. The lowest BCUT2D eigenvalue weighted by molar-refractivity contribution is -0.151. The summed E-state index contributed by atoms with van der Waals surface area (Å²) in [4.78, 5) is 26.0. The molecule has 0 aromatic carbocycles. The molecule has 0 bridgehead atoms. The second-order valence-corrected chi connectivity index (χ2v) is 6.51. The fourth-order valence-corrected chi connectivity index (χ4v) is 4.43. The van der Waals surface area contributed by atoms with Crippen molar-refractivity contribution in [1.82, 2.24) is 0 Å². The molecule has 0 radical (unpaired) electrons. The van der Waals surface area contributed by atoms with Gasteiger partial charge in [-0.1, -0.05) is 6.92 Å². The van der Waals surface area contributed by atoms with Gasteiger partial charge in [-0.2, -0.15) is 0 Å². The number of fused-ring (bicyclic) bond motifs is 1. The highest BCUT2D eigenvalue weighted by Gasteiger charge is 2.47. The standard InChI is InChI=1S/C16H23NO4S/c1-4-16(15(19)21-6-3)9-7-8-10-12(16)11(13(17)22-10)14(18)20-5-2/h4-9,17H2,1-3H3/t16-/m0/s1. The van der Waals surface area contributed by atoms with E-state index in [4.69, 9.17) is 15.2 Å². The third-order valence-electron chi connectivity index (χ3n) is 4.24. The first-order valence-electron chi connectivity index (χ1n) is 7.77. The number of ether oxygens (including phenoxy) is 2. The average Bonchev–Trinajstić information content (AvgIpc) is 2.83. The van der Waals surface area contributed by atoms with Gasteiger partial charge in [-0.15, -0.1) is 11.3 Å². The van der Waals surface area contributed by atoms with Gasteiger partial charge in [0.05, 0.1) is 24.2 Å². The van der Waals surface area contributed by atoms with E-state index in [9.17, 15) is 9.59 Å². The maximum Gasteiger partial charge on any atom is 0.341 e. The van der Waals surface area contributed by atoms with Crippen molar-refractivity contribution in [3.05, 3.63) is 16.0 Å². The van der Waals surface area contributed by atoms with Gasteiger partial charge in [0.2, 0.25) is 0 Å². The van der Waals surface area contributed by atoms with E-state index in [0.29, 0.717) is 30.0 Å². The molecule has 1 heterocycles. The van der Waals surface area contributed by atoms with Crippen LogP contribution in [0.3, 0.4) is 0 Å². The Bertz CT molecular complexity index is 581. The number of hydrogen-bond acceptors (Lipinski definition) is 6. The van der Waals surface area contributed by atoms with E-state index in [1.165, 1.54) is 11.3 Å². The third kappa shape index (κ3) is 2.60. The predicted molar refractivity (Wildman–Crippen MR) is 86.2 cm³/mol. The Kier molecular flexibility index (Phi) is 5.11. The molecule has 0 amide bonds. The zero-order valence-electron chi connectivity index (χ0n) is 13.4. The van der Waals surface area contributed by atoms with Crippen molar-refractivity contribution in [2.45, 2.75) is 51.9 Å². The Hall–Kier alpha value is -1.56. The first-order chi connectivity index (χ1) is 10.5. The summed E-state index contributed by atoms with van der Waals surface area (Å²) in [5.74, 6) is -0.705. The zero-order valence-corrected chi connectivity index (χ0v) is 14.2. The lowest BCUT2D eigenvalue weighted by Crippen LogP contribution is -2.41. The molecule has 1 aromatic heterocycles. The molecule has 1 atom stereocenters. The smallest absolute Gasteiger partial charge is 0.341 e. The number of thiophene rings is 1. The predicted octanol–water partition coefficient (Wildman–Crippen LogP) is 3.05. The number of anilines is 1. The van der Waals surface area contributed by atoms with E-state index in [0.717, 1.165) is 23.3 Å². The van der Waals surface area contributed by atoms with E-state index in [-0.39, 0.29) is 12.6 Å². The number of carbonyl (C=O) groups is 2. The molecule has 1 aliphatic rings. The lowest BCUT2D eigenvalue weighted by atomic mass is 9.69. The van der Waals surface area contributed by atoms with Crippen molar-refractivity contribution in [3.8, 4) is 0 Å². The van der Waals surface area contributed by atoms with Crippen LogP contribution < -0.4 is 5.73 Å². The summed E-state index contributed by atoms with van der Waals surface area (Å²) in [7, 11) is 0. The summed E-state index contributed by atoms with van der Waals surface area (Å²) >= 11 is 1.39. The van der Waals surface area contributed by atoms with Crippen LogP contribution in [0, 0.1) is 0 Å². The molecule has 1 aliphatic carbocycles. The minimum absolute atomic E-state index is 0.262. The minimum Gasteiger partial charge on any atom is -0.465 e. The summed E-state index contributed by atoms with van der Waals surface area (Å²) in [6, 6.07) is 0. The number of carbonyl (C=O) groups excluding carboxylic acids is 2. The van der Waals surface area contributed by atoms with Crippen LogP contribution in [0.25, 0.3) is 0 Å². The number of nitrogens with two attached hydrogens (primary N) is 1. The summed E-state index contributed by atoms with van der Waals surface area (Å²) in [6.07, 6.45) is 2.99. The van der Waals surface area contributed by atoms with Crippen LogP contribution >= 0.6 is 11.3 Å². The molecule has 0 saturated carbocycles. The third-order valence-corrected chi connectivity index (χ3v) is 5.32. The van der Waals surface area contributed by atoms with Gasteiger partial charge in [-0.3, -0.25) is 4.79 Å².